The Morgan fingerprint density at radius 1 is 1.75 bits per heavy atom. The molecule has 0 aliphatic rings. The molecule has 0 fully saturated rings. The summed E-state index contributed by atoms with van der Waals surface area (Å²) >= 11 is 0. The van der Waals surface area contributed by atoms with E-state index < -0.39 is 5.97 Å². The van der Waals surface area contributed by atoms with Crippen LogP contribution in [0.5, 0.6) is 0 Å². The maximum Gasteiger partial charge on any atom is 0.309 e. The normalized spacial score (nSPS) is 10.2. The van der Waals surface area contributed by atoms with E-state index in [0.717, 1.165) is 17.7 Å². The molecule has 0 atom stereocenters. The fourth-order valence-electron chi connectivity index (χ4n) is 1.17. The van der Waals surface area contributed by atoms with Crippen molar-refractivity contribution in [3.8, 4) is 0 Å². The molecule has 0 aliphatic heterocycles. The molecule has 0 bridgehead atoms. The van der Waals surface area contributed by atoms with Crippen LogP contribution < -0.4 is 0 Å². The lowest BCUT2D eigenvalue weighted by Crippen LogP contribution is -2.07. The van der Waals surface area contributed by atoms with Gasteiger partial charge in [-0.1, -0.05) is 6.92 Å². The molecule has 66 valence electrons. The van der Waals surface area contributed by atoms with Gasteiger partial charge in [0.05, 0.1) is 18.3 Å². The lowest BCUT2D eigenvalue weighted by atomic mass is 10.1. The first kappa shape index (κ1) is 8.77. The van der Waals surface area contributed by atoms with Gasteiger partial charge in [-0.05, 0) is 12.0 Å². The van der Waals surface area contributed by atoms with Gasteiger partial charge >= 0.3 is 5.97 Å². The highest BCUT2D eigenvalue weighted by molar-refractivity contribution is 5.70. The molecular formula is C8H12N2O2. The average molecular weight is 168 g/mol. The fourth-order valence-corrected chi connectivity index (χ4v) is 1.17. The summed E-state index contributed by atoms with van der Waals surface area (Å²) in [5, 5.41) is 12.6. The summed E-state index contributed by atoms with van der Waals surface area (Å²) in [6, 6.07) is 0. The molecule has 1 aromatic heterocycles. The lowest BCUT2D eigenvalue weighted by molar-refractivity contribution is -0.136. The molecule has 0 radical (unpaired) electrons. The van der Waals surface area contributed by atoms with Crippen LogP contribution in [0.1, 0.15) is 18.2 Å². The molecule has 0 unspecified atom stereocenters. The summed E-state index contributed by atoms with van der Waals surface area (Å²) in [6.07, 6.45) is 2.61. The van der Waals surface area contributed by atoms with Gasteiger partial charge < -0.3 is 5.11 Å². The molecule has 1 N–H and O–H groups in total. The number of rotatable bonds is 3. The van der Waals surface area contributed by atoms with Crippen molar-refractivity contribution in [3.63, 3.8) is 0 Å². The number of carbonyl (C=O) groups is 1. The lowest BCUT2D eigenvalue weighted by Gasteiger charge is -2.00. The van der Waals surface area contributed by atoms with Gasteiger partial charge in [-0.2, -0.15) is 5.10 Å². The molecule has 1 rings (SSSR count). The summed E-state index contributed by atoms with van der Waals surface area (Å²) in [7, 11) is 1.76. The van der Waals surface area contributed by atoms with E-state index in [1.54, 1.807) is 17.9 Å². The van der Waals surface area contributed by atoms with E-state index in [1.165, 1.54) is 0 Å². The second kappa shape index (κ2) is 3.38. The number of aliphatic carboxylic acids is 1. The van der Waals surface area contributed by atoms with Gasteiger partial charge in [-0.15, -0.1) is 0 Å². The first-order valence-corrected chi connectivity index (χ1v) is 3.86. The first-order chi connectivity index (χ1) is 5.65. The Bertz CT molecular complexity index is 291. The van der Waals surface area contributed by atoms with Crippen LogP contribution in [0.3, 0.4) is 0 Å². The fraction of sp³-hybridized carbons (Fsp3) is 0.500. The number of hydrogen-bond donors (Lipinski definition) is 1. The smallest absolute Gasteiger partial charge is 0.309 e. The van der Waals surface area contributed by atoms with E-state index >= 15 is 0 Å². The minimum absolute atomic E-state index is 0.0552. The van der Waals surface area contributed by atoms with Gasteiger partial charge in [-0.25, -0.2) is 0 Å². The van der Waals surface area contributed by atoms with Crippen LogP contribution in [-0.2, 0) is 24.7 Å². The van der Waals surface area contributed by atoms with Crippen molar-refractivity contribution in [1.29, 1.82) is 0 Å². The highest BCUT2D eigenvalue weighted by Gasteiger charge is 2.09. The molecule has 1 aromatic rings. The van der Waals surface area contributed by atoms with Crippen LogP contribution in [0.2, 0.25) is 0 Å². The second-order valence-corrected chi connectivity index (χ2v) is 2.66. The van der Waals surface area contributed by atoms with Crippen molar-refractivity contribution >= 4 is 5.97 Å². The van der Waals surface area contributed by atoms with Crippen LogP contribution in [0.25, 0.3) is 0 Å². The van der Waals surface area contributed by atoms with Crippen molar-refractivity contribution in [1.82, 2.24) is 9.78 Å². The number of aryl methyl sites for hydroxylation is 2. The summed E-state index contributed by atoms with van der Waals surface area (Å²) in [6.45, 7) is 1.99. The van der Waals surface area contributed by atoms with Crippen molar-refractivity contribution in [2.75, 3.05) is 0 Å². The molecule has 0 saturated carbocycles. The van der Waals surface area contributed by atoms with Gasteiger partial charge in [0.25, 0.3) is 0 Å². The number of aromatic nitrogens is 2. The van der Waals surface area contributed by atoms with Crippen LogP contribution in [0.4, 0.5) is 0 Å². The van der Waals surface area contributed by atoms with Crippen LogP contribution in [-0.4, -0.2) is 20.9 Å². The number of carboxylic acid groups (broad SMARTS) is 1. The maximum atomic E-state index is 10.4. The Labute approximate surface area is 70.8 Å². The van der Waals surface area contributed by atoms with Gasteiger partial charge in [0.1, 0.15) is 0 Å². The topological polar surface area (TPSA) is 55.1 Å². The molecule has 0 spiro atoms. The molecule has 4 nitrogen and oxygen atoms in total. The summed E-state index contributed by atoms with van der Waals surface area (Å²) in [4.78, 5) is 10.4. The maximum absolute atomic E-state index is 10.4. The minimum atomic E-state index is -0.812. The summed E-state index contributed by atoms with van der Waals surface area (Å²) in [5.74, 6) is -0.812. The third kappa shape index (κ3) is 1.64. The number of nitrogens with zero attached hydrogens (tertiary/aromatic N) is 2. The molecule has 1 heterocycles. The average Bonchev–Trinajstić information content (AvgIpc) is 2.32. The third-order valence-corrected chi connectivity index (χ3v) is 1.85. The molecule has 0 aromatic carbocycles. The van der Waals surface area contributed by atoms with Crippen molar-refractivity contribution in [2.24, 2.45) is 7.05 Å². The van der Waals surface area contributed by atoms with Crippen molar-refractivity contribution in [3.05, 3.63) is 17.5 Å². The SMILES string of the molecule is CCc1cnn(C)c1CC(=O)O. The highest BCUT2D eigenvalue weighted by Crippen LogP contribution is 2.08. The van der Waals surface area contributed by atoms with E-state index in [2.05, 4.69) is 5.10 Å². The van der Waals surface area contributed by atoms with Crippen LogP contribution in [0, 0.1) is 0 Å². The van der Waals surface area contributed by atoms with Crippen molar-refractivity contribution < 1.29 is 9.90 Å². The molecular weight excluding hydrogens is 156 g/mol. The quantitative estimate of drug-likeness (QED) is 0.719. The zero-order valence-corrected chi connectivity index (χ0v) is 7.24. The van der Waals surface area contributed by atoms with Crippen LogP contribution >= 0.6 is 0 Å². The monoisotopic (exact) mass is 168 g/mol. The van der Waals surface area contributed by atoms with Crippen LogP contribution in [0.15, 0.2) is 6.20 Å². The van der Waals surface area contributed by atoms with E-state index in [0.29, 0.717) is 0 Å². The molecule has 0 amide bonds. The Hall–Kier alpha value is -1.32. The van der Waals surface area contributed by atoms with Gasteiger partial charge in [0.2, 0.25) is 0 Å². The Kier molecular flexibility index (Phi) is 2.47. The molecule has 4 heteroatoms. The first-order valence-electron chi connectivity index (χ1n) is 3.86. The van der Waals surface area contributed by atoms with E-state index in [-0.39, 0.29) is 6.42 Å². The number of hydrogen-bond acceptors (Lipinski definition) is 2. The predicted octanol–water partition coefficient (Wildman–Crippen LogP) is 0.610. The third-order valence-electron chi connectivity index (χ3n) is 1.85. The summed E-state index contributed by atoms with van der Waals surface area (Å²) < 4.78 is 1.62. The highest BCUT2D eigenvalue weighted by atomic mass is 16.4. The second-order valence-electron chi connectivity index (χ2n) is 2.66. The minimum Gasteiger partial charge on any atom is -0.481 e. The Morgan fingerprint density at radius 3 is 2.92 bits per heavy atom. The van der Waals surface area contributed by atoms with E-state index in [9.17, 15) is 4.79 Å². The van der Waals surface area contributed by atoms with Crippen molar-refractivity contribution in [2.45, 2.75) is 19.8 Å². The number of carboxylic acids is 1. The standard InChI is InChI=1S/C8H12N2O2/c1-3-6-5-9-10(2)7(6)4-8(11)12/h5H,3-4H2,1-2H3,(H,11,12). The van der Waals surface area contributed by atoms with Gasteiger partial charge in [-0.3, -0.25) is 9.48 Å². The molecule has 12 heavy (non-hydrogen) atoms. The van der Waals surface area contributed by atoms with E-state index in [1.807, 2.05) is 6.92 Å². The molecule has 0 saturated heterocycles. The largest absolute Gasteiger partial charge is 0.481 e. The molecule has 0 aliphatic carbocycles. The zero-order valence-electron chi connectivity index (χ0n) is 7.24. The predicted molar refractivity (Wildman–Crippen MR) is 43.9 cm³/mol. The Balaban J connectivity index is 2.94. The van der Waals surface area contributed by atoms with Gasteiger partial charge in [0.15, 0.2) is 0 Å². The zero-order chi connectivity index (χ0) is 9.14. The van der Waals surface area contributed by atoms with Gasteiger partial charge in [0, 0.05) is 7.05 Å². The summed E-state index contributed by atoms with van der Waals surface area (Å²) in [5.41, 5.74) is 1.81. The van der Waals surface area contributed by atoms with E-state index in [4.69, 9.17) is 5.11 Å². The Morgan fingerprint density at radius 2 is 2.42 bits per heavy atom.